The van der Waals surface area contributed by atoms with Crippen molar-refractivity contribution in [1.29, 1.82) is 0 Å². The molecule has 2 fully saturated rings. The van der Waals surface area contributed by atoms with Gasteiger partial charge in [-0.25, -0.2) is 9.69 Å². The lowest BCUT2D eigenvalue weighted by Crippen LogP contribution is -2.33. The molecule has 2 bridgehead atoms. The summed E-state index contributed by atoms with van der Waals surface area (Å²) in [4.78, 5) is 49.8. The van der Waals surface area contributed by atoms with Crippen LogP contribution in [0.2, 0.25) is 0 Å². The maximum atomic E-state index is 12.9. The summed E-state index contributed by atoms with van der Waals surface area (Å²) in [5, 5.41) is 10.7. The van der Waals surface area contributed by atoms with Crippen molar-refractivity contribution in [3.05, 3.63) is 76.4 Å². The van der Waals surface area contributed by atoms with Gasteiger partial charge in [0.1, 0.15) is 5.75 Å². The van der Waals surface area contributed by atoms with Crippen molar-refractivity contribution in [3.8, 4) is 5.75 Å². The third-order valence-corrected chi connectivity index (χ3v) is 6.07. The van der Waals surface area contributed by atoms with Crippen LogP contribution in [0.5, 0.6) is 5.75 Å². The topological polar surface area (TPSA) is 107 Å². The Morgan fingerprint density at radius 1 is 1.00 bits per heavy atom. The molecular weight excluding hydrogens is 388 g/mol. The number of hydrogen-bond donors (Lipinski definition) is 0. The Balaban J connectivity index is 1.37. The van der Waals surface area contributed by atoms with Gasteiger partial charge in [0.15, 0.2) is 0 Å². The largest absolute Gasteiger partial charge is 0.423 e. The van der Waals surface area contributed by atoms with Crippen molar-refractivity contribution < 1.29 is 24.0 Å². The van der Waals surface area contributed by atoms with Gasteiger partial charge in [0.2, 0.25) is 11.8 Å². The van der Waals surface area contributed by atoms with Crippen molar-refractivity contribution in [2.24, 2.45) is 23.7 Å². The smallest absolute Gasteiger partial charge is 0.343 e. The number of nitro groups is 1. The highest BCUT2D eigenvalue weighted by atomic mass is 16.6. The van der Waals surface area contributed by atoms with E-state index >= 15 is 0 Å². The molecule has 5 rings (SSSR count). The standard InChI is InChI=1S/C22H16N2O6/c25-20-18-12-4-5-13(10-12)19(18)21(26)23(20)16-3-1-2-14(11-16)22(27)30-17-8-6-15(7-9-17)24(28)29/h1-9,11-13,18-19H,10H2/t12-,13-,18+,19+/m0/s1. The van der Waals surface area contributed by atoms with Crippen LogP contribution in [0.1, 0.15) is 16.8 Å². The summed E-state index contributed by atoms with van der Waals surface area (Å²) in [5.74, 6) is -1.39. The molecule has 8 heteroatoms. The molecule has 0 aromatic heterocycles. The van der Waals surface area contributed by atoms with Gasteiger partial charge in [-0.2, -0.15) is 0 Å². The minimum absolute atomic E-state index is 0.108. The molecule has 2 aromatic rings. The van der Waals surface area contributed by atoms with E-state index in [1.807, 2.05) is 12.2 Å². The van der Waals surface area contributed by atoms with Crippen molar-refractivity contribution in [1.82, 2.24) is 0 Å². The van der Waals surface area contributed by atoms with Crippen LogP contribution in [0.3, 0.4) is 0 Å². The Labute approximate surface area is 170 Å². The molecule has 3 aliphatic rings. The first-order valence-corrected chi connectivity index (χ1v) is 9.57. The van der Waals surface area contributed by atoms with Crippen LogP contribution in [0.4, 0.5) is 11.4 Å². The lowest BCUT2D eigenvalue weighted by molar-refractivity contribution is -0.384. The zero-order chi connectivity index (χ0) is 21.0. The van der Waals surface area contributed by atoms with E-state index in [1.165, 1.54) is 41.3 Å². The molecule has 4 atom stereocenters. The van der Waals surface area contributed by atoms with Gasteiger partial charge in [-0.1, -0.05) is 18.2 Å². The number of ether oxygens (including phenoxy) is 1. The molecular formula is C22H16N2O6. The average molecular weight is 404 g/mol. The van der Waals surface area contributed by atoms with E-state index < -0.39 is 10.9 Å². The van der Waals surface area contributed by atoms with E-state index in [9.17, 15) is 24.5 Å². The third kappa shape index (κ3) is 2.72. The molecule has 2 amide bonds. The molecule has 1 saturated carbocycles. The number of anilines is 1. The van der Waals surface area contributed by atoms with Crippen molar-refractivity contribution in [3.63, 3.8) is 0 Å². The van der Waals surface area contributed by atoms with Gasteiger partial charge >= 0.3 is 5.97 Å². The van der Waals surface area contributed by atoms with E-state index in [0.717, 1.165) is 6.42 Å². The zero-order valence-electron chi connectivity index (χ0n) is 15.6. The maximum Gasteiger partial charge on any atom is 0.343 e. The molecule has 0 spiro atoms. The van der Waals surface area contributed by atoms with Crippen LogP contribution in [0.15, 0.2) is 60.7 Å². The van der Waals surface area contributed by atoms with Crippen LogP contribution < -0.4 is 9.64 Å². The number of allylic oxidation sites excluding steroid dienone is 2. The minimum atomic E-state index is -0.688. The number of nitrogens with zero attached hydrogens (tertiary/aromatic N) is 2. The summed E-state index contributed by atoms with van der Waals surface area (Å²) in [6.45, 7) is 0. The van der Waals surface area contributed by atoms with Gasteiger partial charge in [0.05, 0.1) is 28.0 Å². The van der Waals surface area contributed by atoms with E-state index in [2.05, 4.69) is 0 Å². The molecule has 30 heavy (non-hydrogen) atoms. The van der Waals surface area contributed by atoms with Crippen molar-refractivity contribution >= 4 is 29.2 Å². The predicted octanol–water partition coefficient (Wildman–Crippen LogP) is 3.13. The summed E-state index contributed by atoms with van der Waals surface area (Å²) < 4.78 is 5.27. The number of amides is 2. The summed E-state index contributed by atoms with van der Waals surface area (Å²) in [6.07, 6.45) is 4.90. The summed E-state index contributed by atoms with van der Waals surface area (Å²) >= 11 is 0. The molecule has 0 N–H and O–H groups in total. The number of rotatable bonds is 4. The normalized spacial score (nSPS) is 26.2. The Kier molecular flexibility index (Phi) is 4.02. The SMILES string of the molecule is O=C(Oc1ccc([N+](=O)[O-])cc1)c1cccc(N2C(=O)[C@H]3[C@H](C2=O)[C@H]2C=C[C@H]3C2)c1. The average Bonchev–Trinajstić information content (AvgIpc) is 3.42. The zero-order valence-corrected chi connectivity index (χ0v) is 15.6. The predicted molar refractivity (Wildman–Crippen MR) is 105 cm³/mol. The summed E-state index contributed by atoms with van der Waals surface area (Å²) in [7, 11) is 0. The fourth-order valence-electron chi connectivity index (χ4n) is 4.73. The lowest BCUT2D eigenvalue weighted by atomic mass is 9.85. The summed E-state index contributed by atoms with van der Waals surface area (Å²) in [5.41, 5.74) is 0.401. The fourth-order valence-corrected chi connectivity index (χ4v) is 4.73. The third-order valence-electron chi connectivity index (χ3n) is 6.07. The lowest BCUT2D eigenvalue weighted by Gasteiger charge is -2.18. The summed E-state index contributed by atoms with van der Waals surface area (Å²) in [6, 6.07) is 11.3. The molecule has 1 aliphatic heterocycles. The highest BCUT2D eigenvalue weighted by molar-refractivity contribution is 6.23. The Bertz CT molecular complexity index is 1090. The second kappa shape index (κ2) is 6.62. The molecule has 2 aromatic carbocycles. The fraction of sp³-hybridized carbons (Fsp3) is 0.227. The van der Waals surface area contributed by atoms with Crippen LogP contribution in [-0.2, 0) is 9.59 Å². The Hall–Kier alpha value is -3.81. The van der Waals surface area contributed by atoms with Crippen LogP contribution >= 0.6 is 0 Å². The Morgan fingerprint density at radius 3 is 2.23 bits per heavy atom. The van der Waals surface area contributed by atoms with Gasteiger partial charge in [-0.3, -0.25) is 19.7 Å². The molecule has 2 aliphatic carbocycles. The second-order valence-corrected chi connectivity index (χ2v) is 7.70. The quantitative estimate of drug-likeness (QED) is 0.194. The molecule has 1 heterocycles. The van der Waals surface area contributed by atoms with Gasteiger partial charge in [-0.05, 0) is 48.6 Å². The van der Waals surface area contributed by atoms with E-state index in [4.69, 9.17) is 4.74 Å². The van der Waals surface area contributed by atoms with Crippen LogP contribution in [0, 0.1) is 33.8 Å². The van der Waals surface area contributed by atoms with Gasteiger partial charge < -0.3 is 4.74 Å². The number of fused-ring (bicyclic) bond motifs is 5. The number of imide groups is 1. The minimum Gasteiger partial charge on any atom is -0.423 e. The number of hydrogen-bond acceptors (Lipinski definition) is 6. The van der Waals surface area contributed by atoms with Crippen molar-refractivity contribution in [2.75, 3.05) is 4.90 Å². The first-order valence-electron chi connectivity index (χ1n) is 9.57. The first kappa shape index (κ1) is 18.2. The highest BCUT2D eigenvalue weighted by Gasteiger charge is 2.59. The number of esters is 1. The molecule has 150 valence electrons. The highest BCUT2D eigenvalue weighted by Crippen LogP contribution is 2.53. The van der Waals surface area contributed by atoms with Crippen LogP contribution in [0.25, 0.3) is 0 Å². The van der Waals surface area contributed by atoms with Crippen LogP contribution in [-0.4, -0.2) is 22.7 Å². The molecule has 0 radical (unpaired) electrons. The van der Waals surface area contributed by atoms with E-state index in [1.54, 1.807) is 12.1 Å². The second-order valence-electron chi connectivity index (χ2n) is 7.70. The monoisotopic (exact) mass is 404 g/mol. The number of nitro benzene ring substituents is 1. The number of non-ortho nitro benzene ring substituents is 1. The van der Waals surface area contributed by atoms with Crippen molar-refractivity contribution in [2.45, 2.75) is 6.42 Å². The first-order chi connectivity index (χ1) is 14.4. The Morgan fingerprint density at radius 2 is 1.63 bits per heavy atom. The number of carbonyl (C=O) groups is 3. The maximum absolute atomic E-state index is 12.9. The van der Waals surface area contributed by atoms with Gasteiger partial charge in [-0.15, -0.1) is 0 Å². The number of benzene rings is 2. The molecule has 8 nitrogen and oxygen atoms in total. The van der Waals surface area contributed by atoms with Gasteiger partial charge in [0.25, 0.3) is 5.69 Å². The molecule has 0 unspecified atom stereocenters. The number of carbonyl (C=O) groups excluding carboxylic acids is 3. The van der Waals surface area contributed by atoms with E-state index in [0.29, 0.717) is 5.69 Å². The van der Waals surface area contributed by atoms with Gasteiger partial charge in [0, 0.05) is 12.1 Å². The van der Waals surface area contributed by atoms with E-state index in [-0.39, 0.29) is 52.5 Å². The molecule has 1 saturated heterocycles.